The van der Waals surface area contributed by atoms with Crippen LogP contribution in [0.25, 0.3) is 6.08 Å². The Morgan fingerprint density at radius 1 is 1.64 bits per heavy atom. The minimum absolute atomic E-state index is 0.474. The molecule has 11 heavy (non-hydrogen) atoms. The summed E-state index contributed by atoms with van der Waals surface area (Å²) < 4.78 is 0. The molecule has 1 aromatic heterocycles. The van der Waals surface area contributed by atoms with Crippen LogP contribution in [-0.4, -0.2) is 26.5 Å². The Bertz CT molecular complexity index is 270. The third-order valence-corrected chi connectivity index (χ3v) is 0.920. The summed E-state index contributed by atoms with van der Waals surface area (Å²) >= 11 is 0. The summed E-state index contributed by atoms with van der Waals surface area (Å²) in [6.45, 7) is 0. The van der Waals surface area contributed by atoms with Crippen LogP contribution in [0.4, 0.5) is 0 Å². The Kier molecular flexibility index (Phi) is 2.27. The van der Waals surface area contributed by atoms with Crippen LogP contribution in [0.2, 0.25) is 0 Å². The number of carbonyl (C=O) groups is 1. The topological polar surface area (TPSA) is 76.0 Å². The highest BCUT2D eigenvalue weighted by atomic mass is 16.4. The van der Waals surface area contributed by atoms with Crippen molar-refractivity contribution in [1.29, 1.82) is 0 Å². The normalized spacial score (nSPS) is 10.2. The lowest BCUT2D eigenvalue weighted by Crippen LogP contribution is -1.90. The van der Waals surface area contributed by atoms with Crippen LogP contribution in [0.1, 0.15) is 5.69 Å². The molecule has 1 heterocycles. The molecule has 1 N–H and O–H groups in total. The molecule has 0 atom stereocenters. The number of nitrogens with zero attached hydrogens (tertiary/aromatic N) is 3. The summed E-state index contributed by atoms with van der Waals surface area (Å²) in [5.74, 6) is -1.01. The molecule has 1 rings (SSSR count). The van der Waals surface area contributed by atoms with E-state index in [0.29, 0.717) is 5.69 Å². The zero-order valence-corrected chi connectivity index (χ0v) is 5.51. The second kappa shape index (κ2) is 3.40. The van der Waals surface area contributed by atoms with Gasteiger partial charge in [-0.2, -0.15) is 0 Å². The van der Waals surface area contributed by atoms with Crippen LogP contribution in [0.15, 0.2) is 18.3 Å². The first-order valence-electron chi connectivity index (χ1n) is 2.84. The summed E-state index contributed by atoms with van der Waals surface area (Å²) in [7, 11) is 0. The van der Waals surface area contributed by atoms with Crippen LogP contribution in [-0.2, 0) is 4.79 Å². The van der Waals surface area contributed by atoms with E-state index in [1.165, 1.54) is 12.3 Å². The standard InChI is InChI=1S/C6H5N3O2/c10-6(11)2-1-5-3-4-7-9-8-5/h1-4H,(H,10,11). The second-order valence-electron chi connectivity index (χ2n) is 1.72. The van der Waals surface area contributed by atoms with E-state index < -0.39 is 5.97 Å². The van der Waals surface area contributed by atoms with Gasteiger partial charge < -0.3 is 5.11 Å². The van der Waals surface area contributed by atoms with Crippen LogP contribution in [0.3, 0.4) is 0 Å². The van der Waals surface area contributed by atoms with Gasteiger partial charge in [0.15, 0.2) is 0 Å². The molecule has 0 aliphatic rings. The second-order valence-corrected chi connectivity index (χ2v) is 1.72. The van der Waals surface area contributed by atoms with Gasteiger partial charge in [0.25, 0.3) is 0 Å². The van der Waals surface area contributed by atoms with Gasteiger partial charge in [0, 0.05) is 6.08 Å². The van der Waals surface area contributed by atoms with Gasteiger partial charge in [-0.25, -0.2) is 4.79 Å². The van der Waals surface area contributed by atoms with E-state index in [1.807, 2.05) is 0 Å². The Morgan fingerprint density at radius 3 is 3.00 bits per heavy atom. The van der Waals surface area contributed by atoms with E-state index in [0.717, 1.165) is 6.08 Å². The molecule has 0 aliphatic carbocycles. The van der Waals surface area contributed by atoms with Crippen molar-refractivity contribution in [1.82, 2.24) is 15.4 Å². The zero-order chi connectivity index (χ0) is 8.10. The molecule has 5 nitrogen and oxygen atoms in total. The van der Waals surface area contributed by atoms with E-state index >= 15 is 0 Å². The first-order chi connectivity index (χ1) is 5.29. The number of hydrogen-bond donors (Lipinski definition) is 1. The first-order valence-corrected chi connectivity index (χ1v) is 2.84. The predicted octanol–water partition coefficient (Wildman–Crippen LogP) is -0.0306. The fraction of sp³-hybridized carbons (Fsp3) is 0. The van der Waals surface area contributed by atoms with Gasteiger partial charge in [-0.05, 0) is 17.4 Å². The van der Waals surface area contributed by atoms with Crippen molar-refractivity contribution in [2.24, 2.45) is 0 Å². The number of aromatic nitrogens is 3. The fourth-order valence-electron chi connectivity index (χ4n) is 0.496. The Morgan fingerprint density at radius 2 is 2.45 bits per heavy atom. The first kappa shape index (κ1) is 7.33. The largest absolute Gasteiger partial charge is 0.478 e. The summed E-state index contributed by atoms with van der Waals surface area (Å²) in [5.41, 5.74) is 0.474. The molecule has 56 valence electrons. The average molecular weight is 151 g/mol. The smallest absolute Gasteiger partial charge is 0.328 e. The van der Waals surface area contributed by atoms with Crippen LogP contribution < -0.4 is 0 Å². The SMILES string of the molecule is O=C(O)C=Cc1ccnnn1. The van der Waals surface area contributed by atoms with Gasteiger partial charge in [-0.1, -0.05) is 0 Å². The van der Waals surface area contributed by atoms with Crippen molar-refractivity contribution in [3.05, 3.63) is 24.0 Å². The maximum atomic E-state index is 10.0. The Labute approximate surface area is 62.4 Å². The van der Waals surface area contributed by atoms with Crippen molar-refractivity contribution in [3.8, 4) is 0 Å². The van der Waals surface area contributed by atoms with Crippen molar-refractivity contribution < 1.29 is 9.90 Å². The molecule has 0 unspecified atom stereocenters. The highest BCUT2D eigenvalue weighted by Crippen LogP contribution is 1.91. The lowest BCUT2D eigenvalue weighted by atomic mass is 10.4. The average Bonchev–Trinajstić information content (AvgIpc) is 2.03. The summed E-state index contributed by atoms with van der Waals surface area (Å²) in [6.07, 6.45) is 3.77. The van der Waals surface area contributed by atoms with Crippen LogP contribution >= 0.6 is 0 Å². The van der Waals surface area contributed by atoms with E-state index in [4.69, 9.17) is 5.11 Å². The molecule has 1 aromatic rings. The number of carboxylic acid groups (broad SMARTS) is 1. The summed E-state index contributed by atoms with van der Waals surface area (Å²) in [5, 5.41) is 18.5. The van der Waals surface area contributed by atoms with Gasteiger partial charge in [0.05, 0.1) is 11.9 Å². The molecule has 0 fully saturated rings. The molecular formula is C6H5N3O2. The predicted molar refractivity (Wildman–Crippen MR) is 36.5 cm³/mol. The highest BCUT2D eigenvalue weighted by Gasteiger charge is 1.88. The molecule has 0 amide bonds. The van der Waals surface area contributed by atoms with Gasteiger partial charge in [-0.15, -0.1) is 10.2 Å². The third-order valence-electron chi connectivity index (χ3n) is 0.920. The minimum Gasteiger partial charge on any atom is -0.478 e. The Hall–Kier alpha value is -1.78. The highest BCUT2D eigenvalue weighted by molar-refractivity contribution is 5.84. The van der Waals surface area contributed by atoms with E-state index in [-0.39, 0.29) is 0 Å². The number of rotatable bonds is 2. The molecule has 0 radical (unpaired) electrons. The van der Waals surface area contributed by atoms with Crippen molar-refractivity contribution >= 4 is 12.0 Å². The zero-order valence-electron chi connectivity index (χ0n) is 5.51. The molecule has 0 aromatic carbocycles. The lowest BCUT2D eigenvalue weighted by molar-refractivity contribution is -0.131. The maximum Gasteiger partial charge on any atom is 0.328 e. The van der Waals surface area contributed by atoms with Gasteiger partial charge in [0.2, 0.25) is 0 Å². The number of hydrogen-bond acceptors (Lipinski definition) is 4. The quantitative estimate of drug-likeness (QED) is 0.600. The lowest BCUT2D eigenvalue weighted by Gasteiger charge is -1.84. The van der Waals surface area contributed by atoms with Crippen LogP contribution in [0.5, 0.6) is 0 Å². The van der Waals surface area contributed by atoms with Gasteiger partial charge >= 0.3 is 5.97 Å². The van der Waals surface area contributed by atoms with Gasteiger partial charge in [-0.3, -0.25) is 0 Å². The summed E-state index contributed by atoms with van der Waals surface area (Å²) in [4.78, 5) is 10.0. The van der Waals surface area contributed by atoms with E-state index in [2.05, 4.69) is 15.4 Å². The van der Waals surface area contributed by atoms with Crippen LogP contribution in [0, 0.1) is 0 Å². The molecule has 0 spiro atoms. The monoisotopic (exact) mass is 151 g/mol. The van der Waals surface area contributed by atoms with Crippen molar-refractivity contribution in [3.63, 3.8) is 0 Å². The summed E-state index contributed by atoms with van der Waals surface area (Å²) in [6, 6.07) is 1.56. The third kappa shape index (κ3) is 2.53. The molecule has 0 bridgehead atoms. The van der Waals surface area contributed by atoms with Crippen molar-refractivity contribution in [2.75, 3.05) is 0 Å². The number of carboxylic acids is 1. The number of aliphatic carboxylic acids is 1. The maximum absolute atomic E-state index is 10.0. The molecule has 0 saturated carbocycles. The fourth-order valence-corrected chi connectivity index (χ4v) is 0.496. The van der Waals surface area contributed by atoms with E-state index in [1.54, 1.807) is 6.07 Å². The minimum atomic E-state index is -1.01. The Balaban J connectivity index is 2.72. The van der Waals surface area contributed by atoms with E-state index in [9.17, 15) is 4.79 Å². The molecule has 0 aliphatic heterocycles. The molecule has 5 heteroatoms. The van der Waals surface area contributed by atoms with Gasteiger partial charge in [0.1, 0.15) is 0 Å². The van der Waals surface area contributed by atoms with Crippen molar-refractivity contribution in [2.45, 2.75) is 0 Å². The molecule has 0 saturated heterocycles. The molecular weight excluding hydrogens is 146 g/mol.